The number of carbonyl (C=O) groups excluding carboxylic acids is 1. The van der Waals surface area contributed by atoms with Crippen LogP contribution in [0.5, 0.6) is 5.88 Å². The highest BCUT2D eigenvalue weighted by Crippen LogP contribution is 2.24. The molecule has 4 nitrogen and oxygen atoms in total. The Morgan fingerprint density at radius 3 is 2.71 bits per heavy atom. The van der Waals surface area contributed by atoms with Gasteiger partial charge in [0.2, 0.25) is 5.88 Å². The van der Waals surface area contributed by atoms with Crippen molar-refractivity contribution in [3.05, 3.63) is 33.4 Å². The monoisotopic (exact) mass is 343 g/mol. The summed E-state index contributed by atoms with van der Waals surface area (Å²) in [5, 5.41) is 0.881. The molecule has 0 atom stereocenters. The number of nitrogens with zero attached hydrogens (tertiary/aromatic N) is 1. The maximum Gasteiger partial charge on any atom is 0.343 e. The van der Waals surface area contributed by atoms with E-state index in [2.05, 4.69) is 27.6 Å². The van der Waals surface area contributed by atoms with E-state index in [1.165, 1.54) is 14.2 Å². The highest BCUT2D eigenvalue weighted by atomic mass is 127. The number of ether oxygens (including phenoxy) is 2. The van der Waals surface area contributed by atoms with Gasteiger partial charge in [0.15, 0.2) is 0 Å². The Labute approximate surface area is 112 Å². The smallest absolute Gasteiger partial charge is 0.343 e. The molecule has 0 spiro atoms. The number of carbonyl (C=O) groups is 1. The average Bonchev–Trinajstić information content (AvgIpc) is 2.36. The molecule has 0 N–H and O–H groups in total. The van der Waals surface area contributed by atoms with Gasteiger partial charge in [0.05, 0.1) is 19.7 Å². The lowest BCUT2D eigenvalue weighted by Crippen LogP contribution is -2.05. The first kappa shape index (κ1) is 12.1. The number of esters is 1. The van der Waals surface area contributed by atoms with Crippen molar-refractivity contribution >= 4 is 39.5 Å². The molecule has 0 saturated heterocycles. The minimum atomic E-state index is -0.449. The number of pyridine rings is 1. The molecular weight excluding hydrogens is 333 g/mol. The summed E-state index contributed by atoms with van der Waals surface area (Å²) in [5.74, 6) is -0.166. The van der Waals surface area contributed by atoms with Crippen LogP contribution in [0.25, 0.3) is 10.9 Å². The fourth-order valence-electron chi connectivity index (χ4n) is 1.53. The lowest BCUT2D eigenvalue weighted by molar-refractivity contribution is 0.0596. The molecule has 0 fully saturated rings. The summed E-state index contributed by atoms with van der Waals surface area (Å²) in [5.41, 5.74) is 1.13. The molecule has 0 aliphatic rings. The summed E-state index contributed by atoms with van der Waals surface area (Å²) >= 11 is 2.21. The lowest BCUT2D eigenvalue weighted by atomic mass is 10.1. The fraction of sp³-hybridized carbons (Fsp3) is 0.167. The van der Waals surface area contributed by atoms with Gasteiger partial charge in [-0.25, -0.2) is 9.78 Å². The molecule has 0 saturated carbocycles. The predicted molar refractivity (Wildman–Crippen MR) is 72.4 cm³/mol. The normalized spacial score (nSPS) is 10.3. The molecule has 1 aromatic heterocycles. The zero-order chi connectivity index (χ0) is 12.4. The molecule has 1 aromatic carbocycles. The molecule has 0 aliphatic carbocycles. The van der Waals surface area contributed by atoms with Crippen LogP contribution >= 0.6 is 22.6 Å². The Morgan fingerprint density at radius 2 is 2.06 bits per heavy atom. The molecule has 0 radical (unpaired) electrons. The van der Waals surface area contributed by atoms with Crippen molar-refractivity contribution < 1.29 is 14.3 Å². The molecule has 5 heteroatoms. The van der Waals surface area contributed by atoms with Gasteiger partial charge >= 0.3 is 5.97 Å². The molecule has 0 amide bonds. The Bertz CT molecular complexity index is 583. The van der Waals surface area contributed by atoms with Gasteiger partial charge in [-0.1, -0.05) is 6.07 Å². The van der Waals surface area contributed by atoms with Gasteiger partial charge in [-0.05, 0) is 40.8 Å². The van der Waals surface area contributed by atoms with Crippen LogP contribution in [-0.4, -0.2) is 25.2 Å². The molecule has 17 heavy (non-hydrogen) atoms. The number of hydrogen-bond acceptors (Lipinski definition) is 4. The molecule has 2 rings (SSSR count). The van der Waals surface area contributed by atoms with Crippen molar-refractivity contribution in [2.45, 2.75) is 0 Å². The third-order valence-electron chi connectivity index (χ3n) is 2.34. The van der Waals surface area contributed by atoms with Gasteiger partial charge in [0, 0.05) is 8.96 Å². The maximum absolute atomic E-state index is 11.6. The van der Waals surface area contributed by atoms with Crippen molar-refractivity contribution in [3.63, 3.8) is 0 Å². The van der Waals surface area contributed by atoms with E-state index in [4.69, 9.17) is 9.47 Å². The zero-order valence-electron chi connectivity index (χ0n) is 9.36. The molecule has 0 bridgehead atoms. The van der Waals surface area contributed by atoms with E-state index >= 15 is 0 Å². The Morgan fingerprint density at radius 1 is 1.29 bits per heavy atom. The van der Waals surface area contributed by atoms with Crippen LogP contribution < -0.4 is 4.74 Å². The van der Waals surface area contributed by atoms with E-state index < -0.39 is 5.97 Å². The molecule has 1 heterocycles. The van der Waals surface area contributed by atoms with E-state index in [0.29, 0.717) is 5.56 Å². The summed E-state index contributed by atoms with van der Waals surface area (Å²) in [6, 6.07) is 7.52. The predicted octanol–water partition coefficient (Wildman–Crippen LogP) is 2.63. The number of halogens is 1. The SMILES string of the molecule is COC(=O)c1cc2ccc(I)cc2nc1OC. The summed E-state index contributed by atoms with van der Waals surface area (Å²) < 4.78 is 10.9. The van der Waals surface area contributed by atoms with Gasteiger partial charge < -0.3 is 9.47 Å². The summed E-state index contributed by atoms with van der Waals surface area (Å²) in [6.45, 7) is 0. The standard InChI is InChI=1S/C12H10INO3/c1-16-11-9(12(15)17-2)5-7-3-4-8(13)6-10(7)14-11/h3-6H,1-2H3. The van der Waals surface area contributed by atoms with E-state index in [9.17, 15) is 4.79 Å². The lowest BCUT2D eigenvalue weighted by Gasteiger charge is -2.07. The van der Waals surface area contributed by atoms with Crippen molar-refractivity contribution in [3.8, 4) is 5.88 Å². The Balaban J connectivity index is 2.68. The van der Waals surface area contributed by atoms with Crippen LogP contribution in [-0.2, 0) is 4.74 Å². The van der Waals surface area contributed by atoms with Crippen LogP contribution in [0.4, 0.5) is 0 Å². The second-order valence-corrected chi connectivity index (χ2v) is 4.62. The van der Waals surface area contributed by atoms with Gasteiger partial charge in [-0.15, -0.1) is 0 Å². The van der Waals surface area contributed by atoms with Crippen molar-refractivity contribution in [2.24, 2.45) is 0 Å². The third kappa shape index (κ3) is 2.33. The van der Waals surface area contributed by atoms with E-state index in [0.717, 1.165) is 14.5 Å². The average molecular weight is 343 g/mol. The second-order valence-electron chi connectivity index (χ2n) is 3.37. The molecule has 0 aliphatic heterocycles. The van der Waals surface area contributed by atoms with Gasteiger partial charge in [0.25, 0.3) is 0 Å². The van der Waals surface area contributed by atoms with Crippen LogP contribution in [0.3, 0.4) is 0 Å². The number of methoxy groups -OCH3 is 2. The van der Waals surface area contributed by atoms with E-state index in [1.807, 2.05) is 18.2 Å². The number of fused-ring (bicyclic) bond motifs is 1. The minimum absolute atomic E-state index is 0.284. The van der Waals surface area contributed by atoms with Gasteiger partial charge in [-0.2, -0.15) is 0 Å². The first-order valence-corrected chi connectivity index (χ1v) is 5.96. The van der Waals surface area contributed by atoms with E-state index in [1.54, 1.807) is 6.07 Å². The van der Waals surface area contributed by atoms with Gasteiger partial charge in [-0.3, -0.25) is 0 Å². The van der Waals surface area contributed by atoms with Crippen LogP contribution in [0.2, 0.25) is 0 Å². The van der Waals surface area contributed by atoms with Crippen molar-refractivity contribution in [1.82, 2.24) is 4.98 Å². The van der Waals surface area contributed by atoms with Crippen LogP contribution in [0, 0.1) is 3.57 Å². The first-order valence-electron chi connectivity index (χ1n) is 4.88. The fourth-order valence-corrected chi connectivity index (χ4v) is 2.01. The summed E-state index contributed by atoms with van der Waals surface area (Å²) in [7, 11) is 2.81. The minimum Gasteiger partial charge on any atom is -0.480 e. The highest BCUT2D eigenvalue weighted by Gasteiger charge is 2.15. The second kappa shape index (κ2) is 4.87. The third-order valence-corrected chi connectivity index (χ3v) is 3.01. The van der Waals surface area contributed by atoms with Crippen molar-refractivity contribution in [1.29, 1.82) is 0 Å². The zero-order valence-corrected chi connectivity index (χ0v) is 11.5. The van der Waals surface area contributed by atoms with Crippen LogP contribution in [0.1, 0.15) is 10.4 Å². The largest absolute Gasteiger partial charge is 0.480 e. The van der Waals surface area contributed by atoms with E-state index in [-0.39, 0.29) is 5.88 Å². The Kier molecular flexibility index (Phi) is 3.46. The molecule has 88 valence electrons. The first-order chi connectivity index (χ1) is 8.15. The summed E-state index contributed by atoms with van der Waals surface area (Å²) in [4.78, 5) is 15.9. The van der Waals surface area contributed by atoms with Gasteiger partial charge in [0.1, 0.15) is 5.56 Å². The molecular formula is C12H10INO3. The quantitative estimate of drug-likeness (QED) is 0.621. The Hall–Kier alpha value is -1.37. The number of rotatable bonds is 2. The summed E-state index contributed by atoms with van der Waals surface area (Å²) in [6.07, 6.45) is 0. The maximum atomic E-state index is 11.6. The molecule has 0 unspecified atom stereocenters. The topological polar surface area (TPSA) is 48.4 Å². The number of benzene rings is 1. The molecule has 2 aromatic rings. The number of hydrogen-bond donors (Lipinski definition) is 0. The number of aromatic nitrogens is 1. The van der Waals surface area contributed by atoms with Crippen molar-refractivity contribution in [2.75, 3.05) is 14.2 Å². The highest BCUT2D eigenvalue weighted by molar-refractivity contribution is 14.1. The van der Waals surface area contributed by atoms with Crippen LogP contribution in [0.15, 0.2) is 24.3 Å².